The third-order valence-electron chi connectivity index (χ3n) is 2.46. The summed E-state index contributed by atoms with van der Waals surface area (Å²) in [6.45, 7) is 0. The molecule has 0 spiro atoms. The highest BCUT2D eigenvalue weighted by atomic mass is 79.9. The molecule has 0 atom stereocenters. The SMILES string of the molecule is O=C(Nc1c(F)cc(Br)cc1F)c1c(O)cccc1F. The zero-order valence-electron chi connectivity index (χ0n) is 9.75. The molecule has 2 aromatic rings. The van der Waals surface area contributed by atoms with Crippen molar-refractivity contribution in [3.8, 4) is 5.75 Å². The lowest BCUT2D eigenvalue weighted by Crippen LogP contribution is -2.16. The predicted molar refractivity (Wildman–Crippen MR) is 70.1 cm³/mol. The molecule has 104 valence electrons. The van der Waals surface area contributed by atoms with Crippen LogP contribution in [-0.2, 0) is 0 Å². The Hall–Kier alpha value is -2.02. The van der Waals surface area contributed by atoms with Crippen LogP contribution in [0.1, 0.15) is 10.4 Å². The van der Waals surface area contributed by atoms with Crippen molar-refractivity contribution in [2.45, 2.75) is 0 Å². The second-order valence-corrected chi connectivity index (χ2v) is 4.75. The van der Waals surface area contributed by atoms with E-state index >= 15 is 0 Å². The normalized spacial score (nSPS) is 10.4. The highest BCUT2D eigenvalue weighted by Crippen LogP contribution is 2.26. The van der Waals surface area contributed by atoms with Gasteiger partial charge in [0.25, 0.3) is 5.91 Å². The van der Waals surface area contributed by atoms with Gasteiger partial charge in [-0.2, -0.15) is 0 Å². The average molecular weight is 346 g/mol. The number of hydrogen-bond acceptors (Lipinski definition) is 2. The molecule has 3 nitrogen and oxygen atoms in total. The minimum Gasteiger partial charge on any atom is -0.507 e. The molecular formula is C13H7BrF3NO2. The van der Waals surface area contributed by atoms with Crippen molar-refractivity contribution in [3.63, 3.8) is 0 Å². The van der Waals surface area contributed by atoms with Gasteiger partial charge in [0, 0.05) is 4.47 Å². The third-order valence-corrected chi connectivity index (χ3v) is 2.92. The molecule has 1 amide bonds. The number of phenolic OH excluding ortho intramolecular Hbond substituents is 1. The first-order chi connectivity index (χ1) is 9.40. The maximum absolute atomic E-state index is 13.5. The summed E-state index contributed by atoms with van der Waals surface area (Å²) in [5.74, 6) is -4.83. The summed E-state index contributed by atoms with van der Waals surface area (Å²) in [6.07, 6.45) is 0. The molecule has 0 saturated carbocycles. The van der Waals surface area contributed by atoms with Crippen LogP contribution in [0.15, 0.2) is 34.8 Å². The third kappa shape index (κ3) is 2.77. The molecule has 7 heteroatoms. The summed E-state index contributed by atoms with van der Waals surface area (Å²) in [4.78, 5) is 11.8. The summed E-state index contributed by atoms with van der Waals surface area (Å²) >= 11 is 2.89. The number of hydrogen-bond donors (Lipinski definition) is 2. The molecular weight excluding hydrogens is 339 g/mol. The highest BCUT2D eigenvalue weighted by molar-refractivity contribution is 9.10. The van der Waals surface area contributed by atoms with Crippen molar-refractivity contribution in [1.82, 2.24) is 0 Å². The summed E-state index contributed by atoms with van der Waals surface area (Å²) in [7, 11) is 0. The Bertz CT molecular complexity index is 648. The molecule has 0 aromatic heterocycles. The van der Waals surface area contributed by atoms with E-state index in [1.54, 1.807) is 0 Å². The lowest BCUT2D eigenvalue weighted by atomic mass is 10.1. The first kappa shape index (κ1) is 14.4. The number of carbonyl (C=O) groups excluding carboxylic acids is 1. The fraction of sp³-hybridized carbons (Fsp3) is 0. The molecule has 0 aliphatic rings. The number of benzene rings is 2. The van der Waals surface area contributed by atoms with Gasteiger partial charge in [0.05, 0.1) is 0 Å². The molecule has 0 heterocycles. The Morgan fingerprint density at radius 1 is 1.10 bits per heavy atom. The summed E-state index contributed by atoms with van der Waals surface area (Å²) in [5, 5.41) is 11.3. The molecule has 0 saturated heterocycles. The maximum Gasteiger partial charge on any atom is 0.262 e. The van der Waals surface area contributed by atoms with Crippen LogP contribution in [0.25, 0.3) is 0 Å². The minimum absolute atomic E-state index is 0.152. The number of carbonyl (C=O) groups is 1. The van der Waals surface area contributed by atoms with E-state index in [1.165, 1.54) is 6.07 Å². The lowest BCUT2D eigenvalue weighted by molar-refractivity contribution is 0.101. The Labute approximate surface area is 120 Å². The van der Waals surface area contributed by atoms with E-state index in [9.17, 15) is 23.1 Å². The second-order valence-electron chi connectivity index (χ2n) is 3.83. The van der Waals surface area contributed by atoms with Crippen LogP contribution in [0.2, 0.25) is 0 Å². The lowest BCUT2D eigenvalue weighted by Gasteiger charge is -2.09. The first-order valence-corrected chi connectivity index (χ1v) is 6.13. The standard InChI is InChI=1S/C13H7BrF3NO2/c14-6-4-8(16)12(9(17)5-6)18-13(20)11-7(15)2-1-3-10(11)19/h1-5,19H,(H,18,20). The van der Waals surface area contributed by atoms with Gasteiger partial charge in [0.15, 0.2) is 11.6 Å². The van der Waals surface area contributed by atoms with Gasteiger partial charge in [0.1, 0.15) is 22.8 Å². The van der Waals surface area contributed by atoms with Crippen LogP contribution >= 0.6 is 15.9 Å². The number of halogens is 4. The largest absolute Gasteiger partial charge is 0.507 e. The molecule has 0 radical (unpaired) electrons. The van der Waals surface area contributed by atoms with Crippen LogP contribution < -0.4 is 5.32 Å². The number of rotatable bonds is 2. The van der Waals surface area contributed by atoms with Gasteiger partial charge in [-0.15, -0.1) is 0 Å². The monoisotopic (exact) mass is 345 g/mol. The van der Waals surface area contributed by atoms with Crippen LogP contribution in [0.4, 0.5) is 18.9 Å². The number of anilines is 1. The average Bonchev–Trinajstić information content (AvgIpc) is 2.33. The maximum atomic E-state index is 13.5. The summed E-state index contributed by atoms with van der Waals surface area (Å²) in [5.41, 5.74) is -1.41. The smallest absolute Gasteiger partial charge is 0.262 e. The highest BCUT2D eigenvalue weighted by Gasteiger charge is 2.20. The van der Waals surface area contributed by atoms with E-state index in [1.807, 2.05) is 5.32 Å². The van der Waals surface area contributed by atoms with Gasteiger partial charge >= 0.3 is 0 Å². The quantitative estimate of drug-likeness (QED) is 0.869. The Kier molecular flexibility index (Phi) is 3.99. The Morgan fingerprint density at radius 3 is 2.25 bits per heavy atom. The fourth-order valence-corrected chi connectivity index (χ4v) is 1.98. The zero-order valence-corrected chi connectivity index (χ0v) is 11.3. The van der Waals surface area contributed by atoms with Crippen molar-refractivity contribution < 1.29 is 23.1 Å². The topological polar surface area (TPSA) is 49.3 Å². The minimum atomic E-state index is -1.15. The molecule has 0 aliphatic carbocycles. The van der Waals surface area contributed by atoms with Gasteiger partial charge in [0.2, 0.25) is 0 Å². The van der Waals surface area contributed by atoms with Gasteiger partial charge in [-0.05, 0) is 24.3 Å². The number of amides is 1. The Morgan fingerprint density at radius 2 is 1.70 bits per heavy atom. The van der Waals surface area contributed by atoms with E-state index in [4.69, 9.17) is 0 Å². The number of phenols is 1. The van der Waals surface area contributed by atoms with E-state index in [0.717, 1.165) is 24.3 Å². The van der Waals surface area contributed by atoms with Crippen molar-refractivity contribution >= 4 is 27.5 Å². The molecule has 0 unspecified atom stereocenters. The predicted octanol–water partition coefficient (Wildman–Crippen LogP) is 3.82. The van der Waals surface area contributed by atoms with Gasteiger partial charge < -0.3 is 10.4 Å². The fourth-order valence-electron chi connectivity index (χ4n) is 1.58. The first-order valence-electron chi connectivity index (χ1n) is 5.33. The molecule has 0 bridgehead atoms. The van der Waals surface area contributed by atoms with Crippen molar-refractivity contribution in [2.24, 2.45) is 0 Å². The van der Waals surface area contributed by atoms with Crippen molar-refractivity contribution in [1.29, 1.82) is 0 Å². The van der Waals surface area contributed by atoms with Gasteiger partial charge in [-0.3, -0.25) is 4.79 Å². The molecule has 2 rings (SSSR count). The Balaban J connectivity index is 2.38. The van der Waals surface area contributed by atoms with Crippen molar-refractivity contribution in [3.05, 3.63) is 57.8 Å². The number of nitrogens with one attached hydrogen (secondary N) is 1. The molecule has 2 N–H and O–H groups in total. The van der Waals surface area contributed by atoms with E-state index in [2.05, 4.69) is 15.9 Å². The number of aromatic hydroxyl groups is 1. The van der Waals surface area contributed by atoms with E-state index < -0.39 is 40.4 Å². The molecule has 0 fully saturated rings. The molecule has 20 heavy (non-hydrogen) atoms. The van der Waals surface area contributed by atoms with Crippen LogP contribution in [0.5, 0.6) is 5.75 Å². The summed E-state index contributed by atoms with van der Waals surface area (Å²) < 4.78 is 40.7. The summed E-state index contributed by atoms with van der Waals surface area (Å²) in [6, 6.07) is 5.12. The van der Waals surface area contributed by atoms with Crippen LogP contribution in [0.3, 0.4) is 0 Å². The molecule has 0 aliphatic heterocycles. The zero-order chi connectivity index (χ0) is 14.9. The molecule has 2 aromatic carbocycles. The second kappa shape index (κ2) is 5.54. The van der Waals surface area contributed by atoms with Crippen LogP contribution in [-0.4, -0.2) is 11.0 Å². The van der Waals surface area contributed by atoms with E-state index in [0.29, 0.717) is 0 Å². The van der Waals surface area contributed by atoms with Crippen molar-refractivity contribution in [2.75, 3.05) is 5.32 Å². The van der Waals surface area contributed by atoms with Gasteiger partial charge in [-0.1, -0.05) is 22.0 Å². The van der Waals surface area contributed by atoms with Crippen LogP contribution in [0, 0.1) is 17.5 Å². The van der Waals surface area contributed by atoms with E-state index in [-0.39, 0.29) is 4.47 Å². The van der Waals surface area contributed by atoms with Gasteiger partial charge in [-0.25, -0.2) is 13.2 Å².